The molecule has 0 N–H and O–H groups in total. The minimum absolute atomic E-state index is 0.0433. The Hall–Kier alpha value is -2.21. The first-order valence-corrected chi connectivity index (χ1v) is 7.61. The van der Waals surface area contributed by atoms with Gasteiger partial charge in [0.1, 0.15) is 5.75 Å². The lowest BCUT2D eigenvalue weighted by Crippen LogP contribution is -2.28. The van der Waals surface area contributed by atoms with Crippen molar-refractivity contribution in [3.05, 3.63) is 29.8 Å². The zero-order valence-electron chi connectivity index (χ0n) is 12.2. The Morgan fingerprint density at radius 1 is 1.26 bits per heavy atom. The lowest BCUT2D eigenvalue weighted by molar-refractivity contribution is -0.140. The molecular weight excluding hydrogens is 337 g/mol. The summed E-state index contributed by atoms with van der Waals surface area (Å²) in [4.78, 5) is 11.3. The van der Waals surface area contributed by atoms with Crippen molar-refractivity contribution in [2.75, 3.05) is 7.11 Å². The monoisotopic (exact) mass is 350 g/mol. The standard InChI is InChI=1S/C14H13F3O5S/c1-3-4-11(9-13(18)21-2)10-5-7-12(8-6-10)22-23(19,20)14(15,16)17/h5-8,11H,9H2,1-2H3. The van der Waals surface area contributed by atoms with E-state index < -0.39 is 33.3 Å². The van der Waals surface area contributed by atoms with Crippen LogP contribution in [-0.4, -0.2) is 27.0 Å². The molecule has 126 valence electrons. The minimum Gasteiger partial charge on any atom is -0.469 e. The van der Waals surface area contributed by atoms with E-state index in [1.807, 2.05) is 0 Å². The van der Waals surface area contributed by atoms with Crippen molar-refractivity contribution < 1.29 is 35.3 Å². The van der Waals surface area contributed by atoms with E-state index in [2.05, 4.69) is 20.8 Å². The molecule has 23 heavy (non-hydrogen) atoms. The van der Waals surface area contributed by atoms with Crippen molar-refractivity contribution in [1.29, 1.82) is 0 Å². The molecule has 1 unspecified atom stereocenters. The van der Waals surface area contributed by atoms with Crippen molar-refractivity contribution in [1.82, 2.24) is 0 Å². The van der Waals surface area contributed by atoms with Crippen LogP contribution in [0.4, 0.5) is 13.2 Å². The summed E-state index contributed by atoms with van der Waals surface area (Å²) in [6.07, 6.45) is -0.0433. The summed E-state index contributed by atoms with van der Waals surface area (Å²) >= 11 is 0. The molecule has 0 aromatic heterocycles. The van der Waals surface area contributed by atoms with Gasteiger partial charge in [-0.1, -0.05) is 18.1 Å². The molecule has 1 atom stereocenters. The van der Waals surface area contributed by atoms with Gasteiger partial charge < -0.3 is 8.92 Å². The molecule has 0 heterocycles. The molecule has 0 bridgehead atoms. The summed E-state index contributed by atoms with van der Waals surface area (Å²) in [5.41, 5.74) is -4.99. The quantitative estimate of drug-likeness (QED) is 0.353. The predicted octanol–water partition coefficient (Wildman–Crippen LogP) is 2.59. The third-order valence-corrected chi connectivity index (χ3v) is 3.67. The molecule has 0 amide bonds. The van der Waals surface area contributed by atoms with Gasteiger partial charge >= 0.3 is 21.6 Å². The van der Waals surface area contributed by atoms with Gasteiger partial charge in [0, 0.05) is 0 Å². The zero-order chi connectivity index (χ0) is 17.7. The van der Waals surface area contributed by atoms with Gasteiger partial charge in [0.2, 0.25) is 0 Å². The number of methoxy groups -OCH3 is 1. The second-order valence-electron chi connectivity index (χ2n) is 4.28. The first-order valence-electron chi connectivity index (χ1n) is 6.20. The zero-order valence-corrected chi connectivity index (χ0v) is 13.0. The predicted molar refractivity (Wildman–Crippen MR) is 74.9 cm³/mol. The fourth-order valence-electron chi connectivity index (χ4n) is 1.61. The molecule has 0 fully saturated rings. The average Bonchev–Trinajstić information content (AvgIpc) is 2.46. The second-order valence-corrected chi connectivity index (χ2v) is 5.82. The smallest absolute Gasteiger partial charge is 0.469 e. The maximum atomic E-state index is 12.2. The van der Waals surface area contributed by atoms with Gasteiger partial charge in [0.05, 0.1) is 19.4 Å². The van der Waals surface area contributed by atoms with E-state index in [0.717, 1.165) is 12.1 Å². The van der Waals surface area contributed by atoms with Gasteiger partial charge in [-0.2, -0.15) is 21.6 Å². The highest BCUT2D eigenvalue weighted by Crippen LogP contribution is 2.28. The lowest BCUT2D eigenvalue weighted by Gasteiger charge is -2.12. The molecule has 1 aromatic carbocycles. The fraction of sp³-hybridized carbons (Fsp3) is 0.357. The van der Waals surface area contributed by atoms with Crippen LogP contribution in [0.5, 0.6) is 5.75 Å². The summed E-state index contributed by atoms with van der Waals surface area (Å²) < 4.78 is 67.0. The van der Waals surface area contributed by atoms with E-state index in [-0.39, 0.29) is 6.42 Å². The molecule has 1 rings (SSSR count). The van der Waals surface area contributed by atoms with Gasteiger partial charge in [-0.05, 0) is 24.6 Å². The van der Waals surface area contributed by atoms with Gasteiger partial charge in [0.25, 0.3) is 0 Å². The third-order valence-electron chi connectivity index (χ3n) is 2.69. The lowest BCUT2D eigenvalue weighted by atomic mass is 9.96. The number of esters is 1. The molecule has 9 heteroatoms. The first-order chi connectivity index (χ1) is 10.6. The first kappa shape index (κ1) is 18.8. The molecule has 0 aliphatic carbocycles. The Morgan fingerprint density at radius 2 is 1.83 bits per heavy atom. The van der Waals surface area contributed by atoms with Crippen molar-refractivity contribution in [3.8, 4) is 17.6 Å². The Morgan fingerprint density at radius 3 is 2.26 bits per heavy atom. The number of rotatable bonds is 5. The van der Waals surface area contributed by atoms with Gasteiger partial charge in [0.15, 0.2) is 0 Å². The van der Waals surface area contributed by atoms with Crippen LogP contribution < -0.4 is 4.18 Å². The summed E-state index contributed by atoms with van der Waals surface area (Å²) in [5, 5.41) is 0. The van der Waals surface area contributed by atoms with E-state index in [0.29, 0.717) is 5.56 Å². The van der Waals surface area contributed by atoms with Crippen LogP contribution in [-0.2, 0) is 19.6 Å². The van der Waals surface area contributed by atoms with E-state index in [1.54, 1.807) is 6.92 Å². The average molecular weight is 350 g/mol. The highest BCUT2D eigenvalue weighted by atomic mass is 32.2. The van der Waals surface area contributed by atoms with Crippen LogP contribution in [0.2, 0.25) is 0 Å². The van der Waals surface area contributed by atoms with Crippen LogP contribution in [0.1, 0.15) is 24.8 Å². The third kappa shape index (κ3) is 5.17. The number of carbonyl (C=O) groups is 1. The van der Waals surface area contributed by atoms with Gasteiger partial charge in [-0.15, -0.1) is 5.92 Å². The van der Waals surface area contributed by atoms with E-state index in [4.69, 9.17) is 0 Å². The highest BCUT2D eigenvalue weighted by molar-refractivity contribution is 7.87. The van der Waals surface area contributed by atoms with Crippen molar-refractivity contribution in [3.63, 3.8) is 0 Å². The normalized spacial score (nSPS) is 12.7. The van der Waals surface area contributed by atoms with Crippen LogP contribution in [0.15, 0.2) is 24.3 Å². The van der Waals surface area contributed by atoms with Crippen molar-refractivity contribution in [2.45, 2.75) is 24.8 Å². The van der Waals surface area contributed by atoms with E-state index >= 15 is 0 Å². The Balaban J connectivity index is 2.98. The Kier molecular flexibility index (Phi) is 6.04. The summed E-state index contributed by atoms with van der Waals surface area (Å²) in [5.74, 6) is 3.88. The SMILES string of the molecule is CC#CC(CC(=O)OC)c1ccc(OS(=O)(=O)C(F)(F)F)cc1. The van der Waals surface area contributed by atoms with Crippen LogP contribution in [0.3, 0.4) is 0 Å². The summed E-state index contributed by atoms with van der Waals surface area (Å²) in [7, 11) is -4.50. The molecule has 0 radical (unpaired) electrons. The van der Waals surface area contributed by atoms with Crippen LogP contribution in [0.25, 0.3) is 0 Å². The Labute approximate surface area is 131 Å². The largest absolute Gasteiger partial charge is 0.534 e. The number of ether oxygens (including phenoxy) is 1. The minimum atomic E-state index is -5.72. The summed E-state index contributed by atoms with van der Waals surface area (Å²) in [6, 6.07) is 4.78. The number of halogens is 3. The molecule has 0 spiro atoms. The molecule has 0 aliphatic heterocycles. The molecule has 5 nitrogen and oxygen atoms in total. The fourth-order valence-corrected chi connectivity index (χ4v) is 2.07. The summed E-state index contributed by atoms with van der Waals surface area (Å²) in [6.45, 7) is 1.57. The second kappa shape index (κ2) is 7.37. The maximum absolute atomic E-state index is 12.2. The van der Waals surface area contributed by atoms with Crippen LogP contribution in [0, 0.1) is 11.8 Å². The van der Waals surface area contributed by atoms with Gasteiger partial charge in [-0.25, -0.2) is 0 Å². The number of hydrogen-bond donors (Lipinski definition) is 0. The molecule has 1 aromatic rings. The van der Waals surface area contributed by atoms with Crippen LogP contribution >= 0.6 is 0 Å². The molecule has 0 aliphatic rings. The molecular formula is C14H13F3O5S. The number of alkyl halides is 3. The molecule has 0 saturated heterocycles. The maximum Gasteiger partial charge on any atom is 0.534 e. The van der Waals surface area contributed by atoms with Crippen molar-refractivity contribution >= 4 is 16.1 Å². The van der Waals surface area contributed by atoms with E-state index in [9.17, 15) is 26.4 Å². The van der Waals surface area contributed by atoms with Crippen molar-refractivity contribution in [2.24, 2.45) is 0 Å². The molecule has 0 saturated carbocycles. The van der Waals surface area contributed by atoms with Gasteiger partial charge in [-0.3, -0.25) is 4.79 Å². The topological polar surface area (TPSA) is 69.7 Å². The Bertz CT molecular complexity index is 712. The number of benzene rings is 1. The highest BCUT2D eigenvalue weighted by Gasteiger charge is 2.48. The number of carbonyl (C=O) groups excluding carboxylic acids is 1. The van der Waals surface area contributed by atoms with E-state index in [1.165, 1.54) is 19.2 Å². The number of hydrogen-bond acceptors (Lipinski definition) is 5.